The fourth-order valence-electron chi connectivity index (χ4n) is 3.16. The van der Waals surface area contributed by atoms with Crippen LogP contribution in [-0.2, 0) is 14.1 Å². The molecule has 9 heteroatoms. The number of nitrogens with zero attached hydrogens (tertiary/aromatic N) is 6. The Balaban J connectivity index is 2.05. The van der Waals surface area contributed by atoms with Gasteiger partial charge in [-0.05, 0) is 12.8 Å². The molecule has 3 rings (SSSR count). The Morgan fingerprint density at radius 2 is 2.04 bits per heavy atom. The van der Waals surface area contributed by atoms with Crippen LogP contribution in [-0.4, -0.2) is 32.4 Å². The van der Waals surface area contributed by atoms with Gasteiger partial charge < -0.3 is 9.42 Å². The fraction of sp³-hybridized carbons (Fsp3) is 0.533. The first-order chi connectivity index (χ1) is 11.4. The number of nitriles is 1. The minimum Gasteiger partial charge on any atom is -0.356 e. The van der Waals surface area contributed by atoms with E-state index in [1.807, 2.05) is 11.0 Å². The molecule has 3 heterocycles. The summed E-state index contributed by atoms with van der Waals surface area (Å²) in [6.07, 6.45) is 1.72. The topological polar surface area (TPSA) is 110 Å². The quantitative estimate of drug-likeness (QED) is 0.764. The van der Waals surface area contributed by atoms with E-state index in [-0.39, 0.29) is 11.5 Å². The maximum Gasteiger partial charge on any atom is 0.332 e. The first-order valence-electron chi connectivity index (χ1n) is 7.69. The van der Waals surface area contributed by atoms with E-state index >= 15 is 0 Å². The van der Waals surface area contributed by atoms with Crippen LogP contribution in [0.4, 0.5) is 5.82 Å². The zero-order chi connectivity index (χ0) is 17.4. The van der Waals surface area contributed by atoms with Gasteiger partial charge in [0.1, 0.15) is 11.9 Å². The zero-order valence-electron chi connectivity index (χ0n) is 13.8. The number of piperidine rings is 1. The maximum atomic E-state index is 12.3. The normalized spacial score (nSPS) is 17.8. The van der Waals surface area contributed by atoms with Gasteiger partial charge in [0.25, 0.3) is 5.56 Å². The number of rotatable bonds is 2. The van der Waals surface area contributed by atoms with Crippen LogP contribution >= 0.6 is 0 Å². The standard InChI is InChI=1S/C15H18N6O3/c1-9-17-12(18-24-9)10-5-4-6-21(8-10)13-11(7-16)14(22)20(3)15(23)19(13)2/h10H,4-6,8H2,1-3H3/t10-/m1/s1. The van der Waals surface area contributed by atoms with Crippen LogP contribution in [0.2, 0.25) is 0 Å². The van der Waals surface area contributed by atoms with Crippen molar-refractivity contribution in [2.45, 2.75) is 25.7 Å². The Bertz CT molecular complexity index is 932. The molecule has 0 radical (unpaired) electrons. The summed E-state index contributed by atoms with van der Waals surface area (Å²) >= 11 is 0. The molecule has 0 aliphatic carbocycles. The highest BCUT2D eigenvalue weighted by atomic mass is 16.5. The number of hydrogen-bond donors (Lipinski definition) is 0. The van der Waals surface area contributed by atoms with Crippen molar-refractivity contribution >= 4 is 5.82 Å². The molecule has 0 N–H and O–H groups in total. The molecule has 0 bridgehead atoms. The Kier molecular flexibility index (Phi) is 3.97. The largest absolute Gasteiger partial charge is 0.356 e. The summed E-state index contributed by atoms with van der Waals surface area (Å²) in [6.45, 7) is 2.91. The van der Waals surface area contributed by atoms with Gasteiger partial charge in [-0.25, -0.2) is 4.79 Å². The van der Waals surface area contributed by atoms with Crippen LogP contribution in [0.25, 0.3) is 0 Å². The van der Waals surface area contributed by atoms with Crippen molar-refractivity contribution in [2.24, 2.45) is 14.1 Å². The lowest BCUT2D eigenvalue weighted by molar-refractivity contribution is 0.376. The molecule has 0 aromatic carbocycles. The van der Waals surface area contributed by atoms with Crippen molar-refractivity contribution in [1.82, 2.24) is 19.3 Å². The van der Waals surface area contributed by atoms with E-state index in [0.29, 0.717) is 30.6 Å². The van der Waals surface area contributed by atoms with E-state index in [2.05, 4.69) is 10.1 Å². The third kappa shape index (κ3) is 2.50. The van der Waals surface area contributed by atoms with Crippen molar-refractivity contribution in [3.63, 3.8) is 0 Å². The number of aromatic nitrogens is 4. The average Bonchev–Trinajstić information content (AvgIpc) is 3.02. The number of hydrogen-bond acceptors (Lipinski definition) is 7. The van der Waals surface area contributed by atoms with Gasteiger partial charge in [0.2, 0.25) is 5.89 Å². The van der Waals surface area contributed by atoms with Crippen LogP contribution in [0.3, 0.4) is 0 Å². The SMILES string of the molecule is Cc1nc([C@@H]2CCCN(c3c(C#N)c(=O)n(C)c(=O)n3C)C2)no1. The monoisotopic (exact) mass is 330 g/mol. The minimum absolute atomic E-state index is 0.0236. The zero-order valence-corrected chi connectivity index (χ0v) is 13.8. The minimum atomic E-state index is -0.576. The van der Waals surface area contributed by atoms with Gasteiger partial charge in [-0.3, -0.25) is 13.9 Å². The Morgan fingerprint density at radius 1 is 1.29 bits per heavy atom. The third-order valence-electron chi connectivity index (χ3n) is 4.37. The Hall–Kier alpha value is -2.89. The number of aryl methyl sites for hydroxylation is 1. The molecule has 24 heavy (non-hydrogen) atoms. The van der Waals surface area contributed by atoms with Crippen molar-refractivity contribution in [3.05, 3.63) is 38.1 Å². The molecule has 0 saturated carbocycles. The molecule has 0 unspecified atom stereocenters. The summed E-state index contributed by atoms with van der Waals surface area (Å²) in [5.74, 6) is 1.50. The Morgan fingerprint density at radius 3 is 2.67 bits per heavy atom. The molecule has 126 valence electrons. The van der Waals surface area contributed by atoms with Gasteiger partial charge in [0.15, 0.2) is 11.4 Å². The van der Waals surface area contributed by atoms with Crippen molar-refractivity contribution in [3.8, 4) is 6.07 Å². The van der Waals surface area contributed by atoms with Gasteiger partial charge in [-0.15, -0.1) is 0 Å². The lowest BCUT2D eigenvalue weighted by Crippen LogP contribution is -2.45. The second kappa shape index (κ2) is 5.96. The highest BCUT2D eigenvalue weighted by Crippen LogP contribution is 2.28. The molecular formula is C15H18N6O3. The second-order valence-corrected chi connectivity index (χ2v) is 5.97. The van der Waals surface area contributed by atoms with Crippen molar-refractivity contribution in [2.75, 3.05) is 18.0 Å². The molecule has 1 aliphatic heterocycles. The predicted octanol–water partition coefficient (Wildman–Crippen LogP) is 0.0311. The molecule has 0 amide bonds. The molecule has 2 aromatic heterocycles. The number of anilines is 1. The summed E-state index contributed by atoms with van der Waals surface area (Å²) in [5.41, 5.74) is -1.05. The van der Waals surface area contributed by atoms with Gasteiger partial charge in [0, 0.05) is 40.0 Å². The van der Waals surface area contributed by atoms with Gasteiger partial charge >= 0.3 is 5.69 Å². The van der Waals surface area contributed by atoms with E-state index in [0.717, 1.165) is 17.4 Å². The van der Waals surface area contributed by atoms with E-state index in [1.165, 1.54) is 11.6 Å². The van der Waals surface area contributed by atoms with E-state index < -0.39 is 11.2 Å². The summed E-state index contributed by atoms with van der Waals surface area (Å²) in [4.78, 5) is 30.6. The van der Waals surface area contributed by atoms with Crippen molar-refractivity contribution < 1.29 is 4.52 Å². The van der Waals surface area contributed by atoms with Crippen LogP contribution in [0.1, 0.15) is 36.0 Å². The summed E-state index contributed by atoms with van der Waals surface area (Å²) in [5, 5.41) is 13.4. The molecule has 1 aliphatic rings. The summed E-state index contributed by atoms with van der Waals surface area (Å²) in [7, 11) is 2.94. The van der Waals surface area contributed by atoms with Crippen LogP contribution < -0.4 is 16.1 Å². The molecule has 9 nitrogen and oxygen atoms in total. The van der Waals surface area contributed by atoms with Crippen LogP contribution in [0.5, 0.6) is 0 Å². The summed E-state index contributed by atoms with van der Waals surface area (Å²) < 4.78 is 7.34. The van der Waals surface area contributed by atoms with Crippen LogP contribution in [0, 0.1) is 18.3 Å². The summed E-state index contributed by atoms with van der Waals surface area (Å²) in [6, 6.07) is 1.94. The van der Waals surface area contributed by atoms with E-state index in [1.54, 1.807) is 14.0 Å². The first-order valence-corrected chi connectivity index (χ1v) is 7.69. The molecule has 0 spiro atoms. The smallest absolute Gasteiger partial charge is 0.332 e. The molecule has 1 fully saturated rings. The maximum absolute atomic E-state index is 12.3. The average molecular weight is 330 g/mol. The first kappa shape index (κ1) is 16.0. The predicted molar refractivity (Wildman–Crippen MR) is 84.9 cm³/mol. The van der Waals surface area contributed by atoms with Gasteiger partial charge in [-0.2, -0.15) is 10.2 Å². The molecule has 2 aromatic rings. The Labute approximate surface area is 137 Å². The second-order valence-electron chi connectivity index (χ2n) is 5.97. The molecule has 1 saturated heterocycles. The highest BCUT2D eigenvalue weighted by Gasteiger charge is 2.29. The lowest BCUT2D eigenvalue weighted by Gasteiger charge is -2.34. The van der Waals surface area contributed by atoms with E-state index in [4.69, 9.17) is 4.52 Å². The lowest BCUT2D eigenvalue weighted by atomic mass is 9.97. The van der Waals surface area contributed by atoms with Crippen LogP contribution in [0.15, 0.2) is 14.1 Å². The highest BCUT2D eigenvalue weighted by molar-refractivity contribution is 5.54. The molecule has 1 atom stereocenters. The van der Waals surface area contributed by atoms with Gasteiger partial charge in [0.05, 0.1) is 0 Å². The fourth-order valence-corrected chi connectivity index (χ4v) is 3.16. The van der Waals surface area contributed by atoms with Crippen molar-refractivity contribution in [1.29, 1.82) is 5.26 Å². The molecular weight excluding hydrogens is 312 g/mol. The third-order valence-corrected chi connectivity index (χ3v) is 4.37. The van der Waals surface area contributed by atoms with E-state index in [9.17, 15) is 14.9 Å². The van der Waals surface area contributed by atoms with Gasteiger partial charge in [-0.1, -0.05) is 5.16 Å².